The van der Waals surface area contributed by atoms with Crippen molar-refractivity contribution in [2.45, 2.75) is 6.42 Å². The molecule has 7 nitrogen and oxygen atoms in total. The molecule has 120 valence electrons. The number of aromatic carboxylic acids is 1. The van der Waals surface area contributed by atoms with Crippen molar-refractivity contribution in [2.24, 2.45) is 0 Å². The van der Waals surface area contributed by atoms with Crippen molar-refractivity contribution in [1.82, 2.24) is 14.9 Å². The summed E-state index contributed by atoms with van der Waals surface area (Å²) in [6.45, 7) is 2.72. The molecule has 8 heteroatoms. The SMILES string of the molecule is O=C(O)c1cnc(N2CCCN(C(=O)c3ccsc3)CC2)cn1. The Balaban J connectivity index is 1.66. The Morgan fingerprint density at radius 1 is 1.13 bits per heavy atom. The molecule has 2 aromatic heterocycles. The summed E-state index contributed by atoms with van der Waals surface area (Å²) in [6.07, 6.45) is 3.56. The van der Waals surface area contributed by atoms with E-state index in [2.05, 4.69) is 9.97 Å². The Morgan fingerprint density at radius 2 is 2.00 bits per heavy atom. The van der Waals surface area contributed by atoms with Crippen molar-refractivity contribution >= 4 is 29.0 Å². The van der Waals surface area contributed by atoms with Crippen LogP contribution in [-0.4, -0.2) is 58.0 Å². The highest BCUT2D eigenvalue weighted by molar-refractivity contribution is 7.08. The second-order valence-electron chi connectivity index (χ2n) is 5.21. The van der Waals surface area contributed by atoms with Crippen LogP contribution in [0.3, 0.4) is 0 Å². The standard InChI is InChI=1S/C15H16N4O3S/c20-14(11-2-7-23-10-11)19-4-1-3-18(5-6-19)13-9-16-12(8-17-13)15(21)22/h2,7-10H,1,3-6H2,(H,21,22). The maximum Gasteiger partial charge on any atom is 0.356 e. The molecule has 0 saturated carbocycles. The van der Waals surface area contributed by atoms with E-state index < -0.39 is 5.97 Å². The van der Waals surface area contributed by atoms with E-state index in [4.69, 9.17) is 5.11 Å². The normalized spacial score (nSPS) is 15.3. The lowest BCUT2D eigenvalue weighted by Gasteiger charge is -2.22. The van der Waals surface area contributed by atoms with E-state index >= 15 is 0 Å². The Labute approximate surface area is 137 Å². The fourth-order valence-corrected chi connectivity index (χ4v) is 3.14. The average molecular weight is 332 g/mol. The summed E-state index contributed by atoms with van der Waals surface area (Å²) >= 11 is 1.51. The van der Waals surface area contributed by atoms with E-state index in [1.165, 1.54) is 23.7 Å². The molecule has 23 heavy (non-hydrogen) atoms. The molecule has 2 aromatic rings. The van der Waals surface area contributed by atoms with E-state index in [-0.39, 0.29) is 11.6 Å². The average Bonchev–Trinajstić information content (AvgIpc) is 2.99. The first-order valence-corrected chi connectivity index (χ1v) is 8.21. The number of hydrogen-bond donors (Lipinski definition) is 1. The Hall–Kier alpha value is -2.48. The summed E-state index contributed by atoms with van der Waals surface area (Å²) in [5.74, 6) is -0.396. The third-order valence-electron chi connectivity index (χ3n) is 3.73. The molecule has 0 radical (unpaired) electrons. The predicted octanol–water partition coefficient (Wildman–Crippen LogP) is 1.59. The highest BCUT2D eigenvalue weighted by Gasteiger charge is 2.21. The van der Waals surface area contributed by atoms with Crippen LogP contribution in [0.15, 0.2) is 29.2 Å². The van der Waals surface area contributed by atoms with Crippen LogP contribution in [0.25, 0.3) is 0 Å². The molecule has 1 aliphatic rings. The van der Waals surface area contributed by atoms with Gasteiger partial charge in [0.05, 0.1) is 18.0 Å². The predicted molar refractivity (Wildman–Crippen MR) is 86.0 cm³/mol. The fourth-order valence-electron chi connectivity index (χ4n) is 2.51. The van der Waals surface area contributed by atoms with Gasteiger partial charge >= 0.3 is 5.97 Å². The molecule has 0 atom stereocenters. The first-order chi connectivity index (χ1) is 11.1. The summed E-state index contributed by atoms with van der Waals surface area (Å²) in [7, 11) is 0. The van der Waals surface area contributed by atoms with Crippen molar-refractivity contribution in [3.05, 3.63) is 40.5 Å². The van der Waals surface area contributed by atoms with Crippen molar-refractivity contribution in [3.63, 3.8) is 0 Å². The third kappa shape index (κ3) is 3.48. The van der Waals surface area contributed by atoms with Gasteiger partial charge in [0, 0.05) is 31.6 Å². The van der Waals surface area contributed by atoms with Crippen LogP contribution in [0.4, 0.5) is 5.82 Å². The van der Waals surface area contributed by atoms with E-state index in [0.29, 0.717) is 25.5 Å². The zero-order chi connectivity index (χ0) is 16.2. The Bertz CT molecular complexity index is 687. The number of carbonyl (C=O) groups is 2. The molecule has 0 aliphatic carbocycles. The number of thiophene rings is 1. The van der Waals surface area contributed by atoms with Crippen LogP contribution in [-0.2, 0) is 0 Å². The molecular formula is C15H16N4O3S. The summed E-state index contributed by atoms with van der Waals surface area (Å²) in [4.78, 5) is 35.1. The number of carboxylic acid groups (broad SMARTS) is 1. The number of carboxylic acids is 1. The summed E-state index contributed by atoms with van der Waals surface area (Å²) in [5, 5.41) is 12.6. The first kappa shape index (κ1) is 15.4. The highest BCUT2D eigenvalue weighted by atomic mass is 32.1. The number of aromatic nitrogens is 2. The number of rotatable bonds is 3. The van der Waals surface area contributed by atoms with Crippen LogP contribution in [0.1, 0.15) is 27.3 Å². The lowest BCUT2D eigenvalue weighted by Crippen LogP contribution is -2.35. The lowest BCUT2D eigenvalue weighted by atomic mass is 10.3. The molecule has 1 amide bonds. The van der Waals surface area contributed by atoms with Gasteiger partial charge in [-0.15, -0.1) is 0 Å². The largest absolute Gasteiger partial charge is 0.476 e. The number of hydrogen-bond acceptors (Lipinski definition) is 6. The summed E-state index contributed by atoms with van der Waals surface area (Å²) in [6, 6.07) is 1.84. The molecule has 0 spiro atoms. The van der Waals surface area contributed by atoms with Gasteiger partial charge in [-0.1, -0.05) is 0 Å². The van der Waals surface area contributed by atoms with Crippen LogP contribution in [0, 0.1) is 0 Å². The summed E-state index contributed by atoms with van der Waals surface area (Å²) in [5.41, 5.74) is 0.659. The van der Waals surface area contributed by atoms with E-state index in [1.54, 1.807) is 0 Å². The molecule has 0 aromatic carbocycles. The zero-order valence-corrected chi connectivity index (χ0v) is 13.2. The molecule has 1 N–H and O–H groups in total. The minimum Gasteiger partial charge on any atom is -0.476 e. The van der Waals surface area contributed by atoms with Crippen molar-refractivity contribution in [1.29, 1.82) is 0 Å². The van der Waals surface area contributed by atoms with Crippen LogP contribution in [0.5, 0.6) is 0 Å². The quantitative estimate of drug-likeness (QED) is 0.918. The van der Waals surface area contributed by atoms with Crippen LogP contribution in [0.2, 0.25) is 0 Å². The van der Waals surface area contributed by atoms with E-state index in [1.807, 2.05) is 26.6 Å². The van der Waals surface area contributed by atoms with Gasteiger partial charge in [-0.3, -0.25) is 4.79 Å². The smallest absolute Gasteiger partial charge is 0.356 e. The molecular weight excluding hydrogens is 316 g/mol. The topological polar surface area (TPSA) is 86.6 Å². The molecule has 1 aliphatic heterocycles. The van der Waals surface area contributed by atoms with Gasteiger partial charge in [0.15, 0.2) is 5.69 Å². The van der Waals surface area contributed by atoms with Gasteiger partial charge < -0.3 is 14.9 Å². The first-order valence-electron chi connectivity index (χ1n) is 7.27. The second kappa shape index (κ2) is 6.74. The molecule has 1 saturated heterocycles. The van der Waals surface area contributed by atoms with Gasteiger partial charge in [-0.25, -0.2) is 14.8 Å². The Morgan fingerprint density at radius 3 is 2.65 bits per heavy atom. The van der Waals surface area contributed by atoms with Crippen molar-refractivity contribution in [2.75, 3.05) is 31.1 Å². The molecule has 3 rings (SSSR count). The van der Waals surface area contributed by atoms with E-state index in [9.17, 15) is 9.59 Å². The number of anilines is 1. The van der Waals surface area contributed by atoms with Gasteiger partial charge in [0.1, 0.15) is 5.82 Å². The fraction of sp³-hybridized carbons (Fsp3) is 0.333. The third-order valence-corrected chi connectivity index (χ3v) is 4.42. The highest BCUT2D eigenvalue weighted by Crippen LogP contribution is 2.15. The minimum atomic E-state index is -1.09. The number of carbonyl (C=O) groups excluding carboxylic acids is 1. The van der Waals surface area contributed by atoms with E-state index in [0.717, 1.165) is 18.5 Å². The molecule has 3 heterocycles. The summed E-state index contributed by atoms with van der Waals surface area (Å²) < 4.78 is 0. The second-order valence-corrected chi connectivity index (χ2v) is 5.99. The van der Waals surface area contributed by atoms with Crippen LogP contribution >= 0.6 is 11.3 Å². The Kier molecular flexibility index (Phi) is 4.52. The van der Waals surface area contributed by atoms with Gasteiger partial charge in [0.25, 0.3) is 5.91 Å². The minimum absolute atomic E-state index is 0.0559. The maximum atomic E-state index is 12.4. The number of nitrogens with zero attached hydrogens (tertiary/aromatic N) is 4. The van der Waals surface area contributed by atoms with Gasteiger partial charge in [-0.05, 0) is 17.9 Å². The van der Waals surface area contributed by atoms with Gasteiger partial charge in [0.2, 0.25) is 0 Å². The molecule has 1 fully saturated rings. The molecule has 0 unspecified atom stereocenters. The van der Waals surface area contributed by atoms with Crippen molar-refractivity contribution < 1.29 is 14.7 Å². The maximum absolute atomic E-state index is 12.4. The van der Waals surface area contributed by atoms with Crippen LogP contribution < -0.4 is 4.90 Å². The lowest BCUT2D eigenvalue weighted by molar-refractivity contribution is 0.0689. The number of amides is 1. The zero-order valence-electron chi connectivity index (χ0n) is 12.4. The van der Waals surface area contributed by atoms with Gasteiger partial charge in [-0.2, -0.15) is 11.3 Å². The monoisotopic (exact) mass is 332 g/mol. The van der Waals surface area contributed by atoms with Crippen molar-refractivity contribution in [3.8, 4) is 0 Å². The molecule has 0 bridgehead atoms.